The molecule has 0 saturated carbocycles. The molecule has 8 heavy (non-hydrogen) atoms. The maximum atomic E-state index is 10.4. The molecule has 1 saturated heterocycles. The summed E-state index contributed by atoms with van der Waals surface area (Å²) in [7, 11) is 0. The largest absolute Gasteiger partial charge is 0.335 e. The zero-order chi connectivity index (χ0) is 5.98. The van der Waals surface area contributed by atoms with E-state index in [4.69, 9.17) is 5.26 Å². The molecule has 0 aliphatic carbocycles. The maximum Gasteiger partial charge on any atom is 0.330 e. The Bertz CT molecular complexity index is 148. The summed E-state index contributed by atoms with van der Waals surface area (Å²) >= 11 is 0. The van der Waals surface area contributed by atoms with Gasteiger partial charge in [0, 0.05) is 6.54 Å². The van der Waals surface area contributed by atoms with E-state index in [0.29, 0.717) is 13.1 Å². The Balaban J connectivity index is 2.58. The molecule has 1 aliphatic heterocycles. The summed E-state index contributed by atoms with van der Waals surface area (Å²) in [5.74, 6) is 0. The van der Waals surface area contributed by atoms with Crippen molar-refractivity contribution < 1.29 is 4.79 Å². The second-order valence-corrected chi connectivity index (χ2v) is 1.48. The van der Waals surface area contributed by atoms with E-state index in [1.165, 1.54) is 0 Å². The number of amides is 2. The molecule has 0 spiro atoms. The number of urea groups is 1. The first-order valence-electron chi connectivity index (χ1n) is 2.29. The Morgan fingerprint density at radius 1 is 1.88 bits per heavy atom. The molecule has 0 bridgehead atoms. The molecule has 1 aliphatic rings. The Morgan fingerprint density at radius 2 is 2.62 bits per heavy atom. The molecular weight excluding hydrogens is 106 g/mol. The third kappa shape index (κ3) is 0.581. The standard InChI is InChI=1S/C4H5N3O/c5-3-7-2-1-6-4(7)8/h1-2H2,(H,6,8). The number of carbonyl (C=O) groups excluding carboxylic acids is 1. The zero-order valence-electron chi connectivity index (χ0n) is 4.22. The molecule has 0 aromatic rings. The molecule has 42 valence electrons. The molecule has 0 atom stereocenters. The lowest BCUT2D eigenvalue weighted by atomic mass is 10.7. The second-order valence-electron chi connectivity index (χ2n) is 1.48. The minimum Gasteiger partial charge on any atom is -0.335 e. The van der Waals surface area contributed by atoms with Crippen molar-refractivity contribution in [2.24, 2.45) is 0 Å². The van der Waals surface area contributed by atoms with Crippen molar-refractivity contribution in [3.05, 3.63) is 0 Å². The predicted molar refractivity (Wildman–Crippen MR) is 25.7 cm³/mol. The number of carbonyl (C=O) groups is 1. The lowest BCUT2D eigenvalue weighted by molar-refractivity contribution is 0.232. The van der Waals surface area contributed by atoms with Crippen molar-refractivity contribution in [1.82, 2.24) is 10.2 Å². The summed E-state index contributed by atoms with van der Waals surface area (Å²) in [6.45, 7) is 1.10. The van der Waals surface area contributed by atoms with Crippen LogP contribution in [0.15, 0.2) is 0 Å². The Hall–Kier alpha value is -1.24. The fourth-order valence-electron chi connectivity index (χ4n) is 0.567. The molecule has 1 N–H and O–H groups in total. The minimum absolute atomic E-state index is 0.285. The van der Waals surface area contributed by atoms with Gasteiger partial charge in [-0.2, -0.15) is 5.26 Å². The van der Waals surface area contributed by atoms with Gasteiger partial charge in [-0.15, -0.1) is 0 Å². The van der Waals surface area contributed by atoms with Crippen molar-refractivity contribution in [2.75, 3.05) is 13.1 Å². The predicted octanol–water partition coefficient (Wildman–Crippen LogP) is -0.507. The molecule has 1 rings (SSSR count). The van der Waals surface area contributed by atoms with Gasteiger partial charge >= 0.3 is 6.03 Å². The highest BCUT2D eigenvalue weighted by molar-refractivity contribution is 5.77. The summed E-state index contributed by atoms with van der Waals surface area (Å²) in [6, 6.07) is -0.285. The van der Waals surface area contributed by atoms with Crippen LogP contribution in [-0.4, -0.2) is 24.0 Å². The molecule has 1 heterocycles. The van der Waals surface area contributed by atoms with Crippen molar-refractivity contribution in [3.63, 3.8) is 0 Å². The highest BCUT2D eigenvalue weighted by Crippen LogP contribution is 1.91. The monoisotopic (exact) mass is 111 g/mol. The summed E-state index contributed by atoms with van der Waals surface area (Å²) in [5.41, 5.74) is 0. The minimum atomic E-state index is -0.285. The van der Waals surface area contributed by atoms with Gasteiger partial charge in [-0.3, -0.25) is 0 Å². The summed E-state index contributed by atoms with van der Waals surface area (Å²) < 4.78 is 0. The van der Waals surface area contributed by atoms with Gasteiger partial charge in [-0.1, -0.05) is 0 Å². The van der Waals surface area contributed by atoms with Gasteiger partial charge in [-0.25, -0.2) is 9.69 Å². The lowest BCUT2D eigenvalue weighted by Gasteiger charge is -1.96. The van der Waals surface area contributed by atoms with Gasteiger partial charge in [0.2, 0.25) is 0 Å². The van der Waals surface area contributed by atoms with E-state index in [9.17, 15) is 4.79 Å². The van der Waals surface area contributed by atoms with E-state index in [0.717, 1.165) is 4.90 Å². The number of hydrogen-bond acceptors (Lipinski definition) is 2. The van der Waals surface area contributed by atoms with Gasteiger partial charge in [0.05, 0.1) is 6.54 Å². The van der Waals surface area contributed by atoms with E-state index in [2.05, 4.69) is 5.32 Å². The van der Waals surface area contributed by atoms with Crippen LogP contribution in [0.25, 0.3) is 0 Å². The van der Waals surface area contributed by atoms with Crippen LogP contribution in [0, 0.1) is 11.5 Å². The third-order valence-electron chi connectivity index (χ3n) is 0.977. The van der Waals surface area contributed by atoms with E-state index in [-0.39, 0.29) is 6.03 Å². The van der Waals surface area contributed by atoms with Gasteiger partial charge in [0.25, 0.3) is 0 Å². The van der Waals surface area contributed by atoms with Crippen LogP contribution < -0.4 is 5.32 Å². The topological polar surface area (TPSA) is 56.1 Å². The number of hydrogen-bond donors (Lipinski definition) is 1. The van der Waals surface area contributed by atoms with E-state index >= 15 is 0 Å². The van der Waals surface area contributed by atoms with Crippen LogP contribution in [0.3, 0.4) is 0 Å². The van der Waals surface area contributed by atoms with Crippen molar-refractivity contribution in [2.45, 2.75) is 0 Å². The number of nitrogens with one attached hydrogen (secondary N) is 1. The number of rotatable bonds is 0. The molecular formula is C4H5N3O. The average molecular weight is 111 g/mol. The van der Waals surface area contributed by atoms with E-state index in [1.807, 2.05) is 0 Å². The van der Waals surface area contributed by atoms with Gasteiger partial charge in [-0.05, 0) is 0 Å². The summed E-state index contributed by atoms with van der Waals surface area (Å²) in [6.07, 6.45) is 1.73. The van der Waals surface area contributed by atoms with Gasteiger partial charge in [0.15, 0.2) is 6.19 Å². The third-order valence-corrected chi connectivity index (χ3v) is 0.977. The highest BCUT2D eigenvalue weighted by atomic mass is 16.2. The van der Waals surface area contributed by atoms with Crippen molar-refractivity contribution in [3.8, 4) is 6.19 Å². The molecule has 4 nitrogen and oxygen atoms in total. The molecule has 0 aromatic heterocycles. The molecule has 0 aromatic carbocycles. The van der Waals surface area contributed by atoms with Crippen LogP contribution in [-0.2, 0) is 0 Å². The molecule has 2 amide bonds. The fourth-order valence-corrected chi connectivity index (χ4v) is 0.567. The maximum absolute atomic E-state index is 10.4. The first-order chi connectivity index (χ1) is 3.84. The highest BCUT2D eigenvalue weighted by Gasteiger charge is 2.17. The smallest absolute Gasteiger partial charge is 0.330 e. The Morgan fingerprint density at radius 3 is 2.88 bits per heavy atom. The van der Waals surface area contributed by atoms with Crippen LogP contribution in [0.1, 0.15) is 0 Å². The Kier molecular flexibility index (Phi) is 1.04. The molecule has 4 heteroatoms. The quantitative estimate of drug-likeness (QED) is 0.428. The van der Waals surface area contributed by atoms with E-state index in [1.54, 1.807) is 6.19 Å². The Labute approximate surface area is 46.7 Å². The molecule has 1 fully saturated rings. The van der Waals surface area contributed by atoms with Crippen LogP contribution in [0.5, 0.6) is 0 Å². The fraction of sp³-hybridized carbons (Fsp3) is 0.500. The summed E-state index contributed by atoms with van der Waals surface area (Å²) in [4.78, 5) is 11.5. The zero-order valence-corrected chi connectivity index (χ0v) is 4.22. The van der Waals surface area contributed by atoms with Crippen molar-refractivity contribution >= 4 is 6.03 Å². The van der Waals surface area contributed by atoms with Crippen molar-refractivity contribution in [1.29, 1.82) is 5.26 Å². The average Bonchev–Trinajstić information content (AvgIpc) is 2.14. The SMILES string of the molecule is N#CN1CCNC1=O. The first kappa shape index (κ1) is 4.91. The van der Waals surface area contributed by atoms with Gasteiger partial charge in [0.1, 0.15) is 0 Å². The normalized spacial score (nSPS) is 17.9. The number of nitrogens with zero attached hydrogens (tertiary/aromatic N) is 2. The van der Waals surface area contributed by atoms with Crippen LogP contribution >= 0.6 is 0 Å². The summed E-state index contributed by atoms with van der Waals surface area (Å²) in [5, 5.41) is 10.6. The number of nitriles is 1. The molecule has 0 radical (unpaired) electrons. The lowest BCUT2D eigenvalue weighted by Crippen LogP contribution is -2.22. The van der Waals surface area contributed by atoms with Crippen LogP contribution in [0.2, 0.25) is 0 Å². The second kappa shape index (κ2) is 1.70. The molecule has 0 unspecified atom stereocenters. The van der Waals surface area contributed by atoms with Gasteiger partial charge < -0.3 is 5.32 Å². The van der Waals surface area contributed by atoms with Crippen LogP contribution in [0.4, 0.5) is 4.79 Å². The first-order valence-corrected chi connectivity index (χ1v) is 2.29. The van der Waals surface area contributed by atoms with E-state index < -0.39 is 0 Å².